The van der Waals surface area contributed by atoms with Crippen molar-refractivity contribution >= 4 is 55.2 Å². The van der Waals surface area contributed by atoms with Crippen LogP contribution in [0.3, 0.4) is 0 Å². The molecule has 0 unspecified atom stereocenters. The van der Waals surface area contributed by atoms with E-state index in [0.717, 1.165) is 42.4 Å². The number of piperazine rings is 1. The van der Waals surface area contributed by atoms with Crippen LogP contribution in [-0.4, -0.2) is 114 Å². The molecule has 42 heavy (non-hydrogen) atoms. The third-order valence-electron chi connectivity index (χ3n) is 8.10. The number of likely N-dealkylation sites (tertiary alicyclic amines) is 1. The number of hydrogen-bond donors (Lipinski definition) is 0. The van der Waals surface area contributed by atoms with Crippen molar-refractivity contribution < 1.29 is 27.6 Å². The number of hydroxylamine groups is 2. The number of hydrogen-bond acceptors (Lipinski definition) is 9. The van der Waals surface area contributed by atoms with Crippen LogP contribution in [-0.2, 0) is 29.1 Å². The van der Waals surface area contributed by atoms with Gasteiger partial charge in [-0.3, -0.25) is 19.2 Å². The second-order valence-corrected chi connectivity index (χ2v) is 15.2. The summed E-state index contributed by atoms with van der Waals surface area (Å²) in [5, 5.41) is 1.88. The van der Waals surface area contributed by atoms with Gasteiger partial charge < -0.3 is 14.7 Å². The van der Waals surface area contributed by atoms with Crippen LogP contribution >= 0.6 is 11.3 Å². The number of aromatic nitrogens is 1. The van der Waals surface area contributed by atoms with Crippen molar-refractivity contribution in [2.75, 3.05) is 38.7 Å². The molecular formula is C29H39N5O6S2. The number of piperidine rings is 1. The summed E-state index contributed by atoms with van der Waals surface area (Å²) in [5.41, 5.74) is 0.839. The number of para-hydroxylation sites is 1. The fourth-order valence-corrected chi connectivity index (χ4v) is 7.47. The van der Waals surface area contributed by atoms with Crippen molar-refractivity contribution in [1.29, 1.82) is 0 Å². The van der Waals surface area contributed by atoms with Gasteiger partial charge in [0.2, 0.25) is 5.91 Å². The molecule has 3 saturated heterocycles. The topological polar surface area (TPSA) is 120 Å². The summed E-state index contributed by atoms with van der Waals surface area (Å²) < 4.78 is 25.3. The molecule has 0 radical (unpaired) electrons. The van der Waals surface area contributed by atoms with E-state index >= 15 is 0 Å². The molecule has 0 aliphatic carbocycles. The van der Waals surface area contributed by atoms with Crippen LogP contribution in [0.5, 0.6) is 0 Å². The van der Waals surface area contributed by atoms with Gasteiger partial charge in [-0.15, -0.1) is 11.3 Å². The summed E-state index contributed by atoms with van der Waals surface area (Å²) in [6.45, 7) is 5.63. The van der Waals surface area contributed by atoms with Crippen molar-refractivity contribution in [2.45, 2.75) is 63.9 Å². The summed E-state index contributed by atoms with van der Waals surface area (Å²) in [6.07, 6.45) is 4.12. The number of benzene rings is 1. The summed E-state index contributed by atoms with van der Waals surface area (Å²) in [6, 6.07) is 6.63. The lowest BCUT2D eigenvalue weighted by molar-refractivity contribution is -0.275. The van der Waals surface area contributed by atoms with Gasteiger partial charge in [0.25, 0.3) is 11.8 Å². The van der Waals surface area contributed by atoms with Crippen LogP contribution in [0.1, 0.15) is 44.5 Å². The predicted octanol–water partition coefficient (Wildman–Crippen LogP) is 2.39. The van der Waals surface area contributed by atoms with E-state index in [1.54, 1.807) is 11.0 Å². The first-order valence-corrected chi connectivity index (χ1v) is 17.3. The fourth-order valence-electron chi connectivity index (χ4n) is 5.95. The molecule has 3 fully saturated rings. The Hall–Kier alpha value is -2.87. The molecule has 3 amide bonds. The van der Waals surface area contributed by atoms with E-state index in [1.165, 1.54) is 27.4 Å². The second kappa shape index (κ2) is 12.4. The highest BCUT2D eigenvalue weighted by Gasteiger charge is 2.53. The van der Waals surface area contributed by atoms with E-state index in [2.05, 4.69) is 9.88 Å². The monoisotopic (exact) mass is 617 g/mol. The number of thiazole rings is 1. The molecule has 11 nitrogen and oxygen atoms in total. The number of fused-ring (bicyclic) bond motifs is 2. The van der Waals surface area contributed by atoms with E-state index in [-0.39, 0.29) is 42.5 Å². The molecule has 0 spiro atoms. The lowest BCUT2D eigenvalue weighted by Crippen LogP contribution is -2.74. The Morgan fingerprint density at radius 3 is 2.55 bits per heavy atom. The number of sulfone groups is 1. The smallest absolute Gasteiger partial charge is 0.272 e. The van der Waals surface area contributed by atoms with Gasteiger partial charge >= 0.3 is 0 Å². The Morgan fingerprint density at radius 1 is 1.17 bits per heavy atom. The van der Waals surface area contributed by atoms with Crippen molar-refractivity contribution in [3.63, 3.8) is 0 Å². The van der Waals surface area contributed by atoms with Gasteiger partial charge in [-0.25, -0.2) is 13.4 Å². The first-order valence-electron chi connectivity index (χ1n) is 14.4. The van der Waals surface area contributed by atoms with E-state index in [0.29, 0.717) is 11.4 Å². The zero-order valence-electron chi connectivity index (χ0n) is 24.5. The first-order chi connectivity index (χ1) is 19.9. The van der Waals surface area contributed by atoms with Gasteiger partial charge in [-0.1, -0.05) is 26.0 Å². The van der Waals surface area contributed by atoms with Gasteiger partial charge in [0.1, 0.15) is 20.9 Å². The van der Waals surface area contributed by atoms with Gasteiger partial charge in [0, 0.05) is 18.4 Å². The second-order valence-electron chi connectivity index (χ2n) is 11.9. The van der Waals surface area contributed by atoms with E-state index in [4.69, 9.17) is 4.84 Å². The molecule has 228 valence electrons. The molecule has 13 heteroatoms. The van der Waals surface area contributed by atoms with E-state index < -0.39 is 34.1 Å². The molecule has 1 aromatic heterocycles. The van der Waals surface area contributed by atoms with Crippen LogP contribution in [0.25, 0.3) is 16.3 Å². The fraction of sp³-hybridized carbons (Fsp3) is 0.586. The number of amides is 3. The Kier molecular flexibility index (Phi) is 9.02. The highest BCUT2D eigenvalue weighted by molar-refractivity contribution is 7.90. The van der Waals surface area contributed by atoms with Crippen LogP contribution < -0.4 is 0 Å². The highest BCUT2D eigenvalue weighted by Crippen LogP contribution is 2.33. The maximum Gasteiger partial charge on any atom is 0.272 e. The molecule has 3 aliphatic rings. The SMILES string of the molecule is CC(C)C[C@H]1ON(C(=O)/C=C/c2nc3ccccc3s2)[C@H]2CN(C3CCN(C)CC3)C(=O)[C@H](CCS(C)(=O)=O)N2C1=O. The Bertz CT molecular complexity index is 1430. The first kappa shape index (κ1) is 30.6. The molecule has 3 aliphatic heterocycles. The maximum atomic E-state index is 14.0. The maximum absolute atomic E-state index is 14.0. The summed E-state index contributed by atoms with van der Waals surface area (Å²) in [4.78, 5) is 57.7. The van der Waals surface area contributed by atoms with Crippen molar-refractivity contribution in [1.82, 2.24) is 24.7 Å². The lowest BCUT2D eigenvalue weighted by Gasteiger charge is -2.54. The standard InChI is InChI=1S/C29H39N5O6S2/c1-19(2)17-23-29(37)33-22(13-16-42(4,38)39)28(36)32(20-11-14-31(3)15-12-20)18-26(33)34(40-23)27(35)10-9-25-30-21-7-5-6-8-24(21)41-25/h5-10,19-20,22-23,26H,11-18H2,1-4H3/b10-9+/t22-,23+,26-/m0/s1. The van der Waals surface area contributed by atoms with Crippen molar-refractivity contribution in [2.24, 2.45) is 5.92 Å². The molecule has 1 aromatic carbocycles. The zero-order valence-corrected chi connectivity index (χ0v) is 26.1. The third-order valence-corrected chi connectivity index (χ3v) is 10.1. The molecule has 4 heterocycles. The van der Waals surface area contributed by atoms with Crippen LogP contribution in [0.4, 0.5) is 0 Å². The minimum absolute atomic E-state index is 0.0407. The van der Waals surface area contributed by atoms with Crippen LogP contribution in [0.2, 0.25) is 0 Å². The molecule has 5 rings (SSSR count). The largest absolute Gasteiger partial charge is 0.334 e. The Balaban J connectivity index is 1.48. The number of rotatable bonds is 8. The number of nitrogens with zero attached hydrogens (tertiary/aromatic N) is 5. The predicted molar refractivity (Wildman–Crippen MR) is 161 cm³/mol. The average Bonchev–Trinajstić information content (AvgIpc) is 3.35. The minimum Gasteiger partial charge on any atom is -0.334 e. The summed E-state index contributed by atoms with van der Waals surface area (Å²) in [5.74, 6) is -1.29. The van der Waals surface area contributed by atoms with E-state index in [1.807, 2.05) is 45.2 Å². The third kappa shape index (κ3) is 6.69. The lowest BCUT2D eigenvalue weighted by atomic mass is 9.96. The highest BCUT2D eigenvalue weighted by atomic mass is 32.2. The average molecular weight is 618 g/mol. The Morgan fingerprint density at radius 2 is 1.88 bits per heavy atom. The minimum atomic E-state index is -3.41. The molecule has 2 aromatic rings. The van der Waals surface area contributed by atoms with Gasteiger partial charge in [0.05, 0.1) is 22.5 Å². The zero-order chi connectivity index (χ0) is 30.2. The molecule has 0 bridgehead atoms. The molecular weight excluding hydrogens is 578 g/mol. The molecule has 0 saturated carbocycles. The van der Waals surface area contributed by atoms with Crippen molar-refractivity contribution in [3.8, 4) is 0 Å². The molecule has 0 N–H and O–H groups in total. The normalized spacial score (nSPS) is 24.8. The van der Waals surface area contributed by atoms with Crippen molar-refractivity contribution in [3.05, 3.63) is 35.3 Å². The quantitative estimate of drug-likeness (QED) is 0.414. The number of carbonyl (C=O) groups excluding carboxylic acids is 3. The Labute approximate surface area is 251 Å². The summed E-state index contributed by atoms with van der Waals surface area (Å²) in [7, 11) is -1.38. The van der Waals surface area contributed by atoms with E-state index in [9.17, 15) is 22.8 Å². The number of carbonyl (C=O) groups is 3. The molecule has 3 atom stereocenters. The van der Waals surface area contributed by atoms with Crippen LogP contribution in [0.15, 0.2) is 30.3 Å². The van der Waals surface area contributed by atoms with Gasteiger partial charge in [0.15, 0.2) is 12.3 Å². The van der Waals surface area contributed by atoms with Crippen LogP contribution in [0, 0.1) is 5.92 Å². The van der Waals surface area contributed by atoms with Gasteiger partial charge in [-0.2, -0.15) is 5.06 Å². The van der Waals surface area contributed by atoms with Gasteiger partial charge in [-0.05, 0) is 69.9 Å². The summed E-state index contributed by atoms with van der Waals surface area (Å²) >= 11 is 1.46.